The van der Waals surface area contributed by atoms with Crippen LogP contribution in [-0.2, 0) is 10.0 Å². The summed E-state index contributed by atoms with van der Waals surface area (Å²) in [7, 11) is -3.78. The van der Waals surface area contributed by atoms with E-state index in [0.717, 1.165) is 18.4 Å². The molecule has 138 valence electrons. The molecule has 0 saturated heterocycles. The summed E-state index contributed by atoms with van der Waals surface area (Å²) in [6, 6.07) is 13.0. The maximum Gasteiger partial charge on any atom is 0.261 e. The second-order valence-corrected chi connectivity index (χ2v) is 8.36. The second kappa shape index (κ2) is 7.47. The molecule has 1 aliphatic carbocycles. The van der Waals surface area contributed by atoms with Gasteiger partial charge in [0.25, 0.3) is 15.9 Å². The molecule has 1 unspecified atom stereocenters. The van der Waals surface area contributed by atoms with Crippen molar-refractivity contribution in [1.82, 2.24) is 5.32 Å². The van der Waals surface area contributed by atoms with Crippen molar-refractivity contribution in [3.63, 3.8) is 0 Å². The molecule has 0 aliphatic heterocycles. The van der Waals surface area contributed by atoms with Crippen molar-refractivity contribution in [2.45, 2.75) is 30.7 Å². The van der Waals surface area contributed by atoms with Gasteiger partial charge in [-0.15, -0.1) is 0 Å². The SMILES string of the molecule is Cc1ccc(S(=O)(=O)Nc2ccccc2C(=O)NCC(N)C2CC2)cc1. The molecule has 1 atom stereocenters. The van der Waals surface area contributed by atoms with Crippen molar-refractivity contribution in [3.05, 3.63) is 59.7 Å². The number of para-hydroxylation sites is 1. The fourth-order valence-corrected chi connectivity index (χ4v) is 3.77. The number of nitrogens with one attached hydrogen (secondary N) is 2. The summed E-state index contributed by atoms with van der Waals surface area (Å²) >= 11 is 0. The van der Waals surface area contributed by atoms with E-state index < -0.39 is 10.0 Å². The highest BCUT2D eigenvalue weighted by Crippen LogP contribution is 2.31. The summed E-state index contributed by atoms with van der Waals surface area (Å²) in [5.74, 6) is 0.133. The Kier molecular flexibility index (Phi) is 5.29. The Hall–Kier alpha value is -2.38. The molecule has 1 aliphatic rings. The van der Waals surface area contributed by atoms with Crippen molar-refractivity contribution < 1.29 is 13.2 Å². The fourth-order valence-electron chi connectivity index (χ4n) is 2.69. The van der Waals surface area contributed by atoms with E-state index in [1.807, 2.05) is 6.92 Å². The predicted molar refractivity (Wildman–Crippen MR) is 101 cm³/mol. The Morgan fingerprint density at radius 1 is 1.15 bits per heavy atom. The molecular weight excluding hydrogens is 350 g/mol. The summed E-state index contributed by atoms with van der Waals surface area (Å²) in [6.45, 7) is 2.26. The standard InChI is InChI=1S/C19H23N3O3S/c1-13-6-10-15(11-7-13)26(24,25)22-18-5-3-2-4-16(18)19(23)21-12-17(20)14-8-9-14/h2-7,10-11,14,17,22H,8-9,12,20H2,1H3,(H,21,23). The average Bonchev–Trinajstić information content (AvgIpc) is 3.45. The van der Waals surface area contributed by atoms with E-state index in [9.17, 15) is 13.2 Å². The largest absolute Gasteiger partial charge is 0.350 e. The third-order valence-corrected chi connectivity index (χ3v) is 5.85. The van der Waals surface area contributed by atoms with Crippen LogP contribution in [0.15, 0.2) is 53.4 Å². The van der Waals surface area contributed by atoms with E-state index in [1.54, 1.807) is 36.4 Å². The molecule has 6 nitrogen and oxygen atoms in total. The van der Waals surface area contributed by atoms with Crippen LogP contribution in [0.2, 0.25) is 0 Å². The first-order valence-electron chi connectivity index (χ1n) is 8.59. The van der Waals surface area contributed by atoms with Crippen LogP contribution in [0, 0.1) is 12.8 Å². The first kappa shape index (κ1) is 18.4. The molecule has 1 fully saturated rings. The van der Waals surface area contributed by atoms with Crippen LogP contribution in [-0.4, -0.2) is 26.9 Å². The Morgan fingerprint density at radius 3 is 2.46 bits per heavy atom. The highest BCUT2D eigenvalue weighted by atomic mass is 32.2. The van der Waals surface area contributed by atoms with E-state index in [2.05, 4.69) is 10.0 Å². The van der Waals surface area contributed by atoms with Crippen molar-refractivity contribution in [2.75, 3.05) is 11.3 Å². The van der Waals surface area contributed by atoms with Gasteiger partial charge in [0.05, 0.1) is 16.1 Å². The molecule has 0 bridgehead atoms. The molecule has 2 aromatic carbocycles. The number of carbonyl (C=O) groups is 1. The second-order valence-electron chi connectivity index (χ2n) is 6.68. The number of anilines is 1. The van der Waals surface area contributed by atoms with Crippen LogP contribution in [0.5, 0.6) is 0 Å². The monoisotopic (exact) mass is 373 g/mol. The van der Waals surface area contributed by atoms with Crippen LogP contribution in [0.1, 0.15) is 28.8 Å². The number of benzene rings is 2. The smallest absolute Gasteiger partial charge is 0.261 e. The van der Waals surface area contributed by atoms with Gasteiger partial charge in [0.2, 0.25) is 0 Å². The van der Waals surface area contributed by atoms with E-state index >= 15 is 0 Å². The lowest BCUT2D eigenvalue weighted by atomic mass is 10.1. The zero-order valence-electron chi connectivity index (χ0n) is 14.6. The topological polar surface area (TPSA) is 101 Å². The van der Waals surface area contributed by atoms with Crippen molar-refractivity contribution in [1.29, 1.82) is 0 Å². The maximum atomic E-state index is 12.6. The van der Waals surface area contributed by atoms with Crippen molar-refractivity contribution in [3.8, 4) is 0 Å². The molecule has 0 aromatic heterocycles. The number of hydrogen-bond acceptors (Lipinski definition) is 4. The number of amides is 1. The number of aryl methyl sites for hydroxylation is 1. The van der Waals surface area contributed by atoms with Crippen LogP contribution < -0.4 is 15.8 Å². The van der Waals surface area contributed by atoms with Crippen LogP contribution in [0.25, 0.3) is 0 Å². The molecule has 1 amide bonds. The fraction of sp³-hybridized carbons (Fsp3) is 0.316. The summed E-state index contributed by atoms with van der Waals surface area (Å²) in [4.78, 5) is 12.6. The predicted octanol–water partition coefficient (Wildman–Crippen LogP) is 2.26. The molecular formula is C19H23N3O3S. The first-order valence-corrected chi connectivity index (χ1v) is 10.1. The first-order chi connectivity index (χ1) is 12.4. The van der Waals surface area contributed by atoms with Crippen LogP contribution in [0.3, 0.4) is 0 Å². The lowest BCUT2D eigenvalue weighted by molar-refractivity contribution is 0.0951. The van der Waals surface area contributed by atoms with Gasteiger partial charge in [-0.1, -0.05) is 29.8 Å². The number of sulfonamides is 1. The van der Waals surface area contributed by atoms with E-state index in [4.69, 9.17) is 5.73 Å². The van der Waals surface area contributed by atoms with Gasteiger partial charge in [0.1, 0.15) is 0 Å². The zero-order chi connectivity index (χ0) is 18.7. The Bertz CT molecular complexity index is 891. The van der Waals surface area contributed by atoms with Gasteiger partial charge in [0.15, 0.2) is 0 Å². The molecule has 2 aromatic rings. The third-order valence-electron chi connectivity index (χ3n) is 4.47. The molecule has 0 radical (unpaired) electrons. The van der Waals surface area contributed by atoms with E-state index in [-0.39, 0.29) is 28.1 Å². The van der Waals surface area contributed by atoms with Gasteiger partial charge in [-0.3, -0.25) is 9.52 Å². The van der Waals surface area contributed by atoms with Crippen LogP contribution in [0.4, 0.5) is 5.69 Å². The van der Waals surface area contributed by atoms with Gasteiger partial charge in [-0.25, -0.2) is 8.42 Å². The minimum absolute atomic E-state index is 0.0598. The minimum Gasteiger partial charge on any atom is -0.350 e. The lowest BCUT2D eigenvalue weighted by Gasteiger charge is -2.15. The van der Waals surface area contributed by atoms with Crippen molar-refractivity contribution in [2.24, 2.45) is 11.7 Å². The molecule has 0 heterocycles. The summed E-state index contributed by atoms with van der Waals surface area (Å²) in [5.41, 5.74) is 7.49. The molecule has 0 spiro atoms. The highest BCUT2D eigenvalue weighted by Gasteiger charge is 2.28. The minimum atomic E-state index is -3.78. The number of hydrogen-bond donors (Lipinski definition) is 3. The zero-order valence-corrected chi connectivity index (χ0v) is 15.4. The quantitative estimate of drug-likeness (QED) is 0.693. The van der Waals surface area contributed by atoms with Crippen LogP contribution >= 0.6 is 0 Å². The number of nitrogens with two attached hydrogens (primary N) is 1. The lowest BCUT2D eigenvalue weighted by Crippen LogP contribution is -2.38. The van der Waals surface area contributed by atoms with Gasteiger partial charge in [0, 0.05) is 12.6 Å². The molecule has 3 rings (SSSR count). The molecule has 1 saturated carbocycles. The highest BCUT2D eigenvalue weighted by molar-refractivity contribution is 7.92. The van der Waals surface area contributed by atoms with Crippen molar-refractivity contribution >= 4 is 21.6 Å². The summed E-state index contributed by atoms with van der Waals surface area (Å²) in [6.07, 6.45) is 2.20. The molecule has 26 heavy (non-hydrogen) atoms. The van der Waals surface area contributed by atoms with Gasteiger partial charge in [-0.05, 0) is 49.9 Å². The summed E-state index contributed by atoms with van der Waals surface area (Å²) < 4.78 is 27.7. The third kappa shape index (κ3) is 4.42. The average molecular weight is 373 g/mol. The molecule has 7 heteroatoms. The van der Waals surface area contributed by atoms with E-state index in [1.165, 1.54) is 12.1 Å². The number of rotatable bonds is 7. The normalized spacial score (nSPS) is 15.3. The summed E-state index contributed by atoms with van der Waals surface area (Å²) in [5, 5.41) is 2.79. The Balaban J connectivity index is 1.75. The van der Waals surface area contributed by atoms with Gasteiger partial charge in [-0.2, -0.15) is 0 Å². The Labute approximate surface area is 153 Å². The van der Waals surface area contributed by atoms with E-state index in [0.29, 0.717) is 12.5 Å². The van der Waals surface area contributed by atoms with Gasteiger partial charge < -0.3 is 11.1 Å². The number of carbonyl (C=O) groups excluding carboxylic acids is 1. The van der Waals surface area contributed by atoms with Gasteiger partial charge >= 0.3 is 0 Å². The maximum absolute atomic E-state index is 12.6. The molecule has 4 N–H and O–H groups in total. The Morgan fingerprint density at radius 2 is 1.81 bits per heavy atom.